The number of hydrogen-bond acceptors (Lipinski definition) is 6. The van der Waals surface area contributed by atoms with Crippen LogP contribution < -0.4 is 15.4 Å². The van der Waals surface area contributed by atoms with Gasteiger partial charge in [-0.3, -0.25) is 14.4 Å². The first-order chi connectivity index (χ1) is 13.0. The Kier molecular flexibility index (Phi) is 8.06. The fourth-order valence-corrected chi connectivity index (χ4v) is 2.98. The van der Waals surface area contributed by atoms with Crippen molar-refractivity contribution < 1.29 is 29.0 Å². The molecule has 0 aliphatic heterocycles. The van der Waals surface area contributed by atoms with E-state index in [9.17, 15) is 19.5 Å². The van der Waals surface area contributed by atoms with E-state index in [1.807, 2.05) is 18.2 Å². The highest BCUT2D eigenvalue weighted by atomic mass is 16.5. The number of amides is 2. The van der Waals surface area contributed by atoms with E-state index >= 15 is 0 Å². The zero-order chi connectivity index (χ0) is 19.6. The fourth-order valence-electron chi connectivity index (χ4n) is 2.98. The molecule has 2 rings (SSSR count). The van der Waals surface area contributed by atoms with Crippen molar-refractivity contribution >= 4 is 17.8 Å². The lowest BCUT2D eigenvalue weighted by Crippen LogP contribution is -2.50. The third kappa shape index (κ3) is 6.90. The Hall–Kier alpha value is -2.61. The van der Waals surface area contributed by atoms with Gasteiger partial charge in [-0.25, -0.2) is 0 Å². The number of hydrogen-bond donors (Lipinski definition) is 3. The van der Waals surface area contributed by atoms with Gasteiger partial charge in [0.2, 0.25) is 11.8 Å². The minimum Gasteiger partial charge on any atom is -0.493 e. The maximum Gasteiger partial charge on any atom is 0.325 e. The molecule has 0 saturated heterocycles. The Morgan fingerprint density at radius 1 is 1.19 bits per heavy atom. The molecule has 8 heteroatoms. The molecule has 3 atom stereocenters. The average Bonchev–Trinajstić information content (AvgIpc) is 2.68. The molecule has 1 aliphatic carbocycles. The summed E-state index contributed by atoms with van der Waals surface area (Å²) in [5.74, 6) is -0.735. The summed E-state index contributed by atoms with van der Waals surface area (Å²) in [4.78, 5) is 35.4. The van der Waals surface area contributed by atoms with Gasteiger partial charge in [0.15, 0.2) is 0 Å². The second-order valence-electron chi connectivity index (χ2n) is 6.46. The van der Waals surface area contributed by atoms with Crippen molar-refractivity contribution in [2.24, 2.45) is 5.92 Å². The molecule has 0 heterocycles. The summed E-state index contributed by atoms with van der Waals surface area (Å²) >= 11 is 0. The monoisotopic (exact) mass is 378 g/mol. The number of benzene rings is 1. The van der Waals surface area contributed by atoms with E-state index in [0.717, 1.165) is 0 Å². The number of aliphatic hydroxyl groups excluding tert-OH is 1. The zero-order valence-electron chi connectivity index (χ0n) is 15.3. The quantitative estimate of drug-likeness (QED) is 0.564. The van der Waals surface area contributed by atoms with Crippen molar-refractivity contribution in [1.82, 2.24) is 10.6 Å². The highest BCUT2D eigenvalue weighted by Gasteiger charge is 2.33. The first-order valence-corrected chi connectivity index (χ1v) is 8.99. The molecular formula is C19H26N2O6. The van der Waals surface area contributed by atoms with Gasteiger partial charge in [0.25, 0.3) is 0 Å². The van der Waals surface area contributed by atoms with Crippen molar-refractivity contribution in [2.45, 2.75) is 37.8 Å². The van der Waals surface area contributed by atoms with Crippen molar-refractivity contribution in [3.8, 4) is 5.75 Å². The van der Waals surface area contributed by atoms with E-state index in [4.69, 9.17) is 4.74 Å². The number of para-hydroxylation sites is 1. The Labute approximate surface area is 158 Å². The van der Waals surface area contributed by atoms with E-state index in [0.29, 0.717) is 25.0 Å². The number of esters is 1. The molecule has 27 heavy (non-hydrogen) atoms. The molecule has 0 radical (unpaired) electrons. The normalized spacial score (nSPS) is 21.8. The first-order valence-electron chi connectivity index (χ1n) is 8.99. The van der Waals surface area contributed by atoms with Crippen LogP contribution in [0, 0.1) is 5.92 Å². The van der Waals surface area contributed by atoms with Crippen LogP contribution >= 0.6 is 0 Å². The number of methoxy groups -OCH3 is 1. The summed E-state index contributed by atoms with van der Waals surface area (Å²) < 4.78 is 9.97. The predicted molar refractivity (Wildman–Crippen MR) is 96.9 cm³/mol. The van der Waals surface area contributed by atoms with Crippen LogP contribution in [0.15, 0.2) is 30.3 Å². The highest BCUT2D eigenvalue weighted by molar-refractivity contribution is 5.83. The number of aliphatic hydroxyl groups is 1. The summed E-state index contributed by atoms with van der Waals surface area (Å²) in [6.07, 6.45) is 0.671. The molecule has 1 fully saturated rings. The number of carbonyl (C=O) groups is 3. The van der Waals surface area contributed by atoms with E-state index in [2.05, 4.69) is 15.4 Å². The van der Waals surface area contributed by atoms with Crippen LogP contribution in [0.25, 0.3) is 0 Å². The van der Waals surface area contributed by atoms with E-state index in [1.54, 1.807) is 12.1 Å². The number of carbonyl (C=O) groups excluding carboxylic acids is 3. The lowest BCUT2D eigenvalue weighted by atomic mass is 9.83. The Morgan fingerprint density at radius 2 is 1.93 bits per heavy atom. The van der Waals surface area contributed by atoms with Crippen LogP contribution in [0.2, 0.25) is 0 Å². The maximum absolute atomic E-state index is 12.2. The number of nitrogens with one attached hydrogen (secondary N) is 2. The van der Waals surface area contributed by atoms with Crippen LogP contribution in [0.5, 0.6) is 5.75 Å². The molecule has 148 valence electrons. The van der Waals surface area contributed by atoms with Gasteiger partial charge in [-0.15, -0.1) is 0 Å². The average molecular weight is 378 g/mol. The summed E-state index contributed by atoms with van der Waals surface area (Å²) in [6.45, 7) is 0.0317. The van der Waals surface area contributed by atoms with Gasteiger partial charge in [-0.05, 0) is 31.4 Å². The third-order valence-electron chi connectivity index (χ3n) is 4.51. The minimum absolute atomic E-state index is 0.150. The molecule has 0 spiro atoms. The highest BCUT2D eigenvalue weighted by Crippen LogP contribution is 2.25. The lowest BCUT2D eigenvalue weighted by Gasteiger charge is -2.33. The van der Waals surface area contributed by atoms with Gasteiger partial charge in [0.05, 0.1) is 32.3 Å². The van der Waals surface area contributed by atoms with Gasteiger partial charge in [-0.1, -0.05) is 18.2 Å². The van der Waals surface area contributed by atoms with Crippen LogP contribution in [0.1, 0.15) is 25.7 Å². The van der Waals surface area contributed by atoms with Gasteiger partial charge < -0.3 is 25.2 Å². The number of ether oxygens (including phenoxy) is 2. The lowest BCUT2D eigenvalue weighted by molar-refractivity contribution is -0.142. The molecule has 2 amide bonds. The summed E-state index contributed by atoms with van der Waals surface area (Å²) in [5, 5.41) is 15.4. The molecule has 0 bridgehead atoms. The summed E-state index contributed by atoms with van der Waals surface area (Å²) in [7, 11) is 1.25. The topological polar surface area (TPSA) is 114 Å². The first kappa shape index (κ1) is 20.7. The molecule has 1 aliphatic rings. The van der Waals surface area contributed by atoms with Crippen molar-refractivity contribution in [3.63, 3.8) is 0 Å². The van der Waals surface area contributed by atoms with Crippen molar-refractivity contribution in [3.05, 3.63) is 30.3 Å². The second kappa shape index (κ2) is 10.5. The Bertz CT molecular complexity index is 636. The van der Waals surface area contributed by atoms with Gasteiger partial charge in [-0.2, -0.15) is 0 Å². The molecule has 3 N–H and O–H groups in total. The molecule has 1 aromatic carbocycles. The van der Waals surface area contributed by atoms with Crippen LogP contribution in [0.3, 0.4) is 0 Å². The number of rotatable bonds is 8. The minimum atomic E-state index is -0.700. The van der Waals surface area contributed by atoms with Crippen LogP contribution in [-0.4, -0.2) is 55.3 Å². The summed E-state index contributed by atoms with van der Waals surface area (Å²) in [6, 6.07) is 8.68. The Balaban J connectivity index is 1.75. The molecule has 1 saturated carbocycles. The molecule has 1 aromatic rings. The Morgan fingerprint density at radius 3 is 2.63 bits per heavy atom. The maximum atomic E-state index is 12.2. The van der Waals surface area contributed by atoms with E-state index in [-0.39, 0.29) is 37.3 Å². The molecular weight excluding hydrogens is 352 g/mol. The second-order valence-corrected chi connectivity index (χ2v) is 6.46. The van der Waals surface area contributed by atoms with Gasteiger partial charge in [0.1, 0.15) is 12.3 Å². The van der Waals surface area contributed by atoms with E-state index in [1.165, 1.54) is 7.11 Å². The third-order valence-corrected chi connectivity index (χ3v) is 4.51. The molecule has 0 aromatic heterocycles. The van der Waals surface area contributed by atoms with Crippen molar-refractivity contribution in [2.75, 3.05) is 20.3 Å². The smallest absolute Gasteiger partial charge is 0.325 e. The van der Waals surface area contributed by atoms with E-state index < -0.39 is 18.1 Å². The largest absolute Gasteiger partial charge is 0.493 e. The molecule has 0 unspecified atom stereocenters. The SMILES string of the molecule is COC(=O)CNC(=O)[C@H]1CC[C@@H](O)[C@H](NC(=O)CCOc2ccccc2)C1. The molecule has 8 nitrogen and oxygen atoms in total. The van der Waals surface area contributed by atoms with Gasteiger partial charge in [0, 0.05) is 5.92 Å². The fraction of sp³-hybridized carbons (Fsp3) is 0.526. The van der Waals surface area contributed by atoms with Crippen LogP contribution in [-0.2, 0) is 19.1 Å². The van der Waals surface area contributed by atoms with Gasteiger partial charge >= 0.3 is 5.97 Å². The zero-order valence-corrected chi connectivity index (χ0v) is 15.3. The predicted octanol–water partition coefficient (Wildman–Crippen LogP) is 0.391. The standard InChI is InChI=1S/C19H26N2O6/c1-26-18(24)12-20-19(25)13-7-8-16(22)15(11-13)21-17(23)9-10-27-14-5-3-2-4-6-14/h2-6,13,15-16,22H,7-12H2,1H3,(H,20,25)(H,21,23)/t13-,15+,16+/m0/s1. The van der Waals surface area contributed by atoms with Crippen molar-refractivity contribution in [1.29, 1.82) is 0 Å². The van der Waals surface area contributed by atoms with Crippen LogP contribution in [0.4, 0.5) is 0 Å². The summed E-state index contributed by atoms with van der Waals surface area (Å²) in [5.41, 5.74) is 0.